The summed E-state index contributed by atoms with van der Waals surface area (Å²) in [5.41, 5.74) is 6.74. The fourth-order valence-electron chi connectivity index (χ4n) is 2.11. The van der Waals surface area contributed by atoms with Gasteiger partial charge in [0.05, 0.1) is 17.4 Å². The number of nitrogens with zero attached hydrogens (tertiary/aromatic N) is 3. The molecule has 16 heavy (non-hydrogen) atoms. The number of nitrogen functional groups attached to an aromatic ring is 1. The largest absolute Gasteiger partial charge is 0.397 e. The number of hydrogen-bond acceptors (Lipinski definition) is 4. The van der Waals surface area contributed by atoms with Gasteiger partial charge in [-0.05, 0) is 17.9 Å². The molecule has 2 unspecified atom stereocenters. The molecule has 2 heterocycles. The molecule has 1 saturated heterocycles. The van der Waals surface area contributed by atoms with Gasteiger partial charge < -0.3 is 10.6 Å². The Morgan fingerprint density at radius 3 is 2.62 bits per heavy atom. The van der Waals surface area contributed by atoms with Gasteiger partial charge in [-0.15, -0.1) is 0 Å². The molecule has 1 fully saturated rings. The van der Waals surface area contributed by atoms with Crippen molar-refractivity contribution in [1.29, 1.82) is 5.26 Å². The smallest absolute Gasteiger partial charge is 0.146 e. The van der Waals surface area contributed by atoms with E-state index in [2.05, 4.69) is 29.8 Å². The highest BCUT2D eigenvalue weighted by Gasteiger charge is 2.28. The molecule has 84 valence electrons. The van der Waals surface area contributed by atoms with E-state index in [-0.39, 0.29) is 0 Å². The minimum absolute atomic E-state index is 0.542. The second-order valence-electron chi connectivity index (χ2n) is 4.61. The lowest BCUT2D eigenvalue weighted by Gasteiger charge is -2.18. The predicted molar refractivity (Wildman–Crippen MR) is 63.9 cm³/mol. The third kappa shape index (κ3) is 1.81. The van der Waals surface area contributed by atoms with Crippen LogP contribution in [0, 0.1) is 23.2 Å². The molecule has 1 aromatic heterocycles. The minimum atomic E-state index is 0.542. The summed E-state index contributed by atoms with van der Waals surface area (Å²) in [6.07, 6.45) is 1.61. The molecular weight excluding hydrogens is 200 g/mol. The molecule has 2 N–H and O–H groups in total. The van der Waals surface area contributed by atoms with Gasteiger partial charge in [-0.2, -0.15) is 5.26 Å². The van der Waals surface area contributed by atoms with Crippen molar-refractivity contribution in [2.45, 2.75) is 13.8 Å². The molecule has 2 atom stereocenters. The highest BCUT2D eigenvalue weighted by molar-refractivity contribution is 5.59. The number of anilines is 2. The van der Waals surface area contributed by atoms with E-state index in [0.717, 1.165) is 18.9 Å². The van der Waals surface area contributed by atoms with Crippen LogP contribution >= 0.6 is 0 Å². The molecule has 4 heteroatoms. The number of rotatable bonds is 1. The second kappa shape index (κ2) is 4.01. The van der Waals surface area contributed by atoms with Gasteiger partial charge in [0.1, 0.15) is 11.9 Å². The zero-order valence-corrected chi connectivity index (χ0v) is 9.64. The standard InChI is InChI=1S/C12H16N4/c1-8-6-16(7-9(8)2)12-10(4-13)3-11(14)5-15-12/h3,5,8-9H,6-7,14H2,1-2H3. The topological polar surface area (TPSA) is 65.9 Å². The number of pyridine rings is 1. The molecule has 1 aromatic rings. The highest BCUT2D eigenvalue weighted by atomic mass is 15.2. The molecule has 0 saturated carbocycles. The normalized spacial score (nSPS) is 24.4. The van der Waals surface area contributed by atoms with Crippen molar-refractivity contribution in [3.8, 4) is 6.07 Å². The molecule has 0 amide bonds. The van der Waals surface area contributed by atoms with Crippen LogP contribution in [0.4, 0.5) is 11.5 Å². The third-order valence-electron chi connectivity index (χ3n) is 3.30. The second-order valence-corrected chi connectivity index (χ2v) is 4.61. The first-order valence-corrected chi connectivity index (χ1v) is 5.52. The molecule has 1 aliphatic heterocycles. The van der Waals surface area contributed by atoms with Crippen LogP contribution in [0.1, 0.15) is 19.4 Å². The van der Waals surface area contributed by atoms with Crippen molar-refractivity contribution in [3.05, 3.63) is 17.8 Å². The van der Waals surface area contributed by atoms with E-state index in [9.17, 15) is 0 Å². The lowest BCUT2D eigenvalue weighted by Crippen LogP contribution is -2.22. The fourth-order valence-corrected chi connectivity index (χ4v) is 2.11. The van der Waals surface area contributed by atoms with Gasteiger partial charge in [-0.25, -0.2) is 4.98 Å². The van der Waals surface area contributed by atoms with Gasteiger partial charge in [-0.3, -0.25) is 0 Å². The van der Waals surface area contributed by atoms with Crippen LogP contribution in [0.5, 0.6) is 0 Å². The summed E-state index contributed by atoms with van der Waals surface area (Å²) in [4.78, 5) is 6.45. The Kier molecular flexibility index (Phi) is 2.69. The summed E-state index contributed by atoms with van der Waals surface area (Å²) in [7, 11) is 0. The summed E-state index contributed by atoms with van der Waals surface area (Å²) >= 11 is 0. The van der Waals surface area contributed by atoms with Gasteiger partial charge in [0.25, 0.3) is 0 Å². The predicted octanol–water partition coefficient (Wildman–Crippen LogP) is 1.63. The Hall–Kier alpha value is -1.76. The van der Waals surface area contributed by atoms with E-state index in [1.54, 1.807) is 12.3 Å². The monoisotopic (exact) mass is 216 g/mol. The molecule has 0 bridgehead atoms. The van der Waals surface area contributed by atoms with Crippen LogP contribution in [-0.2, 0) is 0 Å². The van der Waals surface area contributed by atoms with Crippen molar-refractivity contribution >= 4 is 11.5 Å². The zero-order chi connectivity index (χ0) is 11.7. The van der Waals surface area contributed by atoms with E-state index < -0.39 is 0 Å². The lowest BCUT2D eigenvalue weighted by atomic mass is 10.0. The Balaban J connectivity index is 2.32. The van der Waals surface area contributed by atoms with E-state index >= 15 is 0 Å². The quantitative estimate of drug-likeness (QED) is 0.774. The highest BCUT2D eigenvalue weighted by Crippen LogP contribution is 2.28. The van der Waals surface area contributed by atoms with Gasteiger partial charge in [-0.1, -0.05) is 13.8 Å². The summed E-state index contributed by atoms with van der Waals surface area (Å²) < 4.78 is 0. The fraction of sp³-hybridized carbons (Fsp3) is 0.500. The molecule has 0 aliphatic carbocycles. The summed E-state index contributed by atoms with van der Waals surface area (Å²) in [5.74, 6) is 2.06. The summed E-state index contributed by atoms with van der Waals surface area (Å²) in [6.45, 7) is 6.39. The molecule has 4 nitrogen and oxygen atoms in total. The van der Waals surface area contributed by atoms with E-state index in [1.807, 2.05) is 0 Å². The van der Waals surface area contributed by atoms with Gasteiger partial charge in [0.15, 0.2) is 0 Å². The zero-order valence-electron chi connectivity index (χ0n) is 9.64. The SMILES string of the molecule is CC1CN(c2ncc(N)cc2C#N)CC1C. The number of hydrogen-bond donors (Lipinski definition) is 1. The van der Waals surface area contributed by atoms with Crippen molar-refractivity contribution in [2.75, 3.05) is 23.7 Å². The van der Waals surface area contributed by atoms with Crippen molar-refractivity contribution in [3.63, 3.8) is 0 Å². The molecule has 0 spiro atoms. The third-order valence-corrected chi connectivity index (χ3v) is 3.30. The number of nitrogens with two attached hydrogens (primary N) is 1. The van der Waals surface area contributed by atoms with Gasteiger partial charge >= 0.3 is 0 Å². The number of nitriles is 1. The molecular formula is C12H16N4. The van der Waals surface area contributed by atoms with Crippen LogP contribution in [0.15, 0.2) is 12.3 Å². The first kappa shape index (κ1) is 10.7. The Labute approximate surface area is 95.7 Å². The maximum Gasteiger partial charge on any atom is 0.146 e. The molecule has 0 aromatic carbocycles. The van der Waals surface area contributed by atoms with Gasteiger partial charge in [0, 0.05) is 13.1 Å². The van der Waals surface area contributed by atoms with E-state index in [1.165, 1.54) is 0 Å². The summed E-state index contributed by atoms with van der Waals surface area (Å²) in [5, 5.41) is 9.06. The first-order chi connectivity index (χ1) is 7.61. The summed E-state index contributed by atoms with van der Waals surface area (Å²) in [6, 6.07) is 3.85. The van der Waals surface area contributed by atoms with E-state index in [4.69, 9.17) is 11.0 Å². The maximum absolute atomic E-state index is 9.06. The Bertz CT molecular complexity index is 425. The molecule has 0 radical (unpaired) electrons. The van der Waals surface area contributed by atoms with Crippen molar-refractivity contribution in [1.82, 2.24) is 4.98 Å². The van der Waals surface area contributed by atoms with Crippen molar-refractivity contribution in [2.24, 2.45) is 11.8 Å². The van der Waals surface area contributed by atoms with Crippen LogP contribution in [0.25, 0.3) is 0 Å². The van der Waals surface area contributed by atoms with Gasteiger partial charge in [0.2, 0.25) is 0 Å². The number of aromatic nitrogens is 1. The Morgan fingerprint density at radius 2 is 2.06 bits per heavy atom. The Morgan fingerprint density at radius 1 is 1.44 bits per heavy atom. The van der Waals surface area contributed by atoms with Crippen LogP contribution in [0.3, 0.4) is 0 Å². The first-order valence-electron chi connectivity index (χ1n) is 5.52. The van der Waals surface area contributed by atoms with Crippen LogP contribution < -0.4 is 10.6 Å². The minimum Gasteiger partial charge on any atom is -0.397 e. The molecule has 1 aliphatic rings. The van der Waals surface area contributed by atoms with Crippen LogP contribution in [0.2, 0.25) is 0 Å². The molecule has 2 rings (SSSR count). The average molecular weight is 216 g/mol. The average Bonchev–Trinajstić information content (AvgIpc) is 2.59. The van der Waals surface area contributed by atoms with Crippen molar-refractivity contribution < 1.29 is 0 Å². The maximum atomic E-state index is 9.06. The van der Waals surface area contributed by atoms with E-state index in [0.29, 0.717) is 23.1 Å². The van der Waals surface area contributed by atoms with Crippen LogP contribution in [-0.4, -0.2) is 18.1 Å². The lowest BCUT2D eigenvalue weighted by molar-refractivity contribution is 0.494.